The van der Waals surface area contributed by atoms with Crippen molar-refractivity contribution in [1.29, 1.82) is 0 Å². The maximum atomic E-state index is 9.09. The monoisotopic (exact) mass is 296 g/mol. The van der Waals surface area contributed by atoms with Crippen molar-refractivity contribution in [2.45, 2.75) is 6.04 Å². The Morgan fingerprint density at radius 1 is 1.33 bits per heavy atom. The summed E-state index contributed by atoms with van der Waals surface area (Å²) >= 11 is 0. The third-order valence-electron chi connectivity index (χ3n) is 3.58. The van der Waals surface area contributed by atoms with Crippen LogP contribution in [-0.2, 0) is 4.74 Å². The molecule has 1 fully saturated rings. The third-order valence-corrected chi connectivity index (χ3v) is 3.58. The number of aliphatic hydroxyl groups excluding tert-OH is 1. The summed E-state index contributed by atoms with van der Waals surface area (Å²) < 4.78 is 16.4. The lowest BCUT2D eigenvalue weighted by molar-refractivity contribution is 0.0321. The second-order valence-corrected chi connectivity index (χ2v) is 5.00. The van der Waals surface area contributed by atoms with E-state index in [4.69, 9.17) is 25.1 Å². The average molecular weight is 296 g/mol. The molecule has 1 aliphatic rings. The molecule has 118 valence electrons. The summed E-state index contributed by atoms with van der Waals surface area (Å²) in [5.41, 5.74) is 6.63. The van der Waals surface area contributed by atoms with Crippen molar-refractivity contribution in [2.24, 2.45) is 5.73 Å². The van der Waals surface area contributed by atoms with Gasteiger partial charge in [-0.15, -0.1) is 0 Å². The molecule has 0 aromatic heterocycles. The number of methoxy groups -OCH3 is 1. The zero-order chi connectivity index (χ0) is 15.1. The molecule has 1 heterocycles. The van der Waals surface area contributed by atoms with Crippen LogP contribution in [0.2, 0.25) is 0 Å². The Morgan fingerprint density at radius 2 is 2.10 bits per heavy atom. The lowest BCUT2D eigenvalue weighted by Crippen LogP contribution is -2.38. The maximum Gasteiger partial charge on any atom is 0.161 e. The predicted molar refractivity (Wildman–Crippen MR) is 79.8 cm³/mol. The number of nitrogens with two attached hydrogens (primary N) is 1. The van der Waals surface area contributed by atoms with E-state index in [9.17, 15) is 0 Å². The van der Waals surface area contributed by atoms with Crippen LogP contribution in [0.3, 0.4) is 0 Å². The largest absolute Gasteiger partial charge is 0.493 e. The lowest BCUT2D eigenvalue weighted by Gasteiger charge is -2.26. The van der Waals surface area contributed by atoms with Gasteiger partial charge in [-0.1, -0.05) is 6.07 Å². The number of morpholine rings is 1. The van der Waals surface area contributed by atoms with Crippen LogP contribution < -0.4 is 15.2 Å². The van der Waals surface area contributed by atoms with Crippen molar-refractivity contribution >= 4 is 0 Å². The minimum atomic E-state index is -0.402. The fourth-order valence-corrected chi connectivity index (χ4v) is 2.25. The van der Waals surface area contributed by atoms with Gasteiger partial charge in [0.2, 0.25) is 0 Å². The van der Waals surface area contributed by atoms with Gasteiger partial charge < -0.3 is 25.1 Å². The van der Waals surface area contributed by atoms with E-state index >= 15 is 0 Å². The second-order valence-electron chi connectivity index (χ2n) is 5.00. The molecule has 6 nitrogen and oxygen atoms in total. The Kier molecular flexibility index (Phi) is 6.25. The van der Waals surface area contributed by atoms with Crippen molar-refractivity contribution in [3.8, 4) is 11.5 Å². The molecule has 0 spiro atoms. The van der Waals surface area contributed by atoms with Crippen molar-refractivity contribution in [2.75, 3.05) is 53.2 Å². The Balaban J connectivity index is 1.89. The molecule has 0 unspecified atom stereocenters. The van der Waals surface area contributed by atoms with Gasteiger partial charge in [-0.25, -0.2) is 0 Å². The van der Waals surface area contributed by atoms with Crippen LogP contribution in [0, 0.1) is 0 Å². The zero-order valence-corrected chi connectivity index (χ0v) is 12.5. The van der Waals surface area contributed by atoms with Gasteiger partial charge in [-0.2, -0.15) is 0 Å². The predicted octanol–water partition coefficient (Wildman–Crippen LogP) is 0.398. The first-order chi connectivity index (χ1) is 10.2. The molecule has 21 heavy (non-hydrogen) atoms. The minimum absolute atomic E-state index is 0.0968. The van der Waals surface area contributed by atoms with E-state index in [0.717, 1.165) is 38.4 Å². The summed E-state index contributed by atoms with van der Waals surface area (Å²) in [6.45, 7) is 4.84. The summed E-state index contributed by atoms with van der Waals surface area (Å²) in [7, 11) is 1.60. The van der Waals surface area contributed by atoms with Gasteiger partial charge in [0.05, 0.1) is 33.0 Å². The van der Waals surface area contributed by atoms with E-state index < -0.39 is 6.04 Å². The Bertz CT molecular complexity index is 436. The zero-order valence-electron chi connectivity index (χ0n) is 12.5. The second kappa shape index (κ2) is 8.19. The maximum absolute atomic E-state index is 9.09. The number of ether oxygens (including phenoxy) is 3. The van der Waals surface area contributed by atoms with E-state index in [1.54, 1.807) is 7.11 Å². The summed E-state index contributed by atoms with van der Waals surface area (Å²) in [5.74, 6) is 1.33. The highest BCUT2D eigenvalue weighted by Gasteiger charge is 2.12. The smallest absolute Gasteiger partial charge is 0.161 e. The van der Waals surface area contributed by atoms with Crippen LogP contribution >= 0.6 is 0 Å². The van der Waals surface area contributed by atoms with E-state index in [0.29, 0.717) is 18.1 Å². The van der Waals surface area contributed by atoms with E-state index in [1.807, 2.05) is 18.2 Å². The van der Waals surface area contributed by atoms with Crippen LogP contribution in [0.1, 0.15) is 11.6 Å². The number of hydrogen-bond acceptors (Lipinski definition) is 6. The summed E-state index contributed by atoms with van der Waals surface area (Å²) in [6, 6.07) is 5.10. The molecule has 0 saturated carbocycles. The quantitative estimate of drug-likeness (QED) is 0.758. The SMILES string of the molecule is COc1cc([C@@H](N)CO)ccc1OCCN1CCOCC1. The fraction of sp³-hybridized carbons (Fsp3) is 0.600. The van der Waals surface area contributed by atoms with Gasteiger partial charge in [0.1, 0.15) is 6.61 Å². The number of nitrogens with zero attached hydrogens (tertiary/aromatic N) is 1. The molecule has 0 radical (unpaired) electrons. The number of hydrogen-bond donors (Lipinski definition) is 2. The van der Waals surface area contributed by atoms with Crippen molar-refractivity contribution in [1.82, 2.24) is 4.90 Å². The molecular formula is C15H24N2O4. The normalized spacial score (nSPS) is 17.5. The highest BCUT2D eigenvalue weighted by Crippen LogP contribution is 2.29. The van der Waals surface area contributed by atoms with Gasteiger partial charge in [0, 0.05) is 19.6 Å². The Morgan fingerprint density at radius 3 is 2.76 bits per heavy atom. The molecule has 1 aliphatic heterocycles. The number of aliphatic hydroxyl groups is 1. The number of benzene rings is 1. The third kappa shape index (κ3) is 4.57. The molecule has 2 rings (SSSR count). The highest BCUT2D eigenvalue weighted by atomic mass is 16.5. The first-order valence-electron chi connectivity index (χ1n) is 7.22. The van der Waals surface area contributed by atoms with Crippen LogP contribution in [0.5, 0.6) is 11.5 Å². The Labute approximate surface area is 125 Å². The van der Waals surface area contributed by atoms with Crippen LogP contribution in [0.25, 0.3) is 0 Å². The summed E-state index contributed by atoms with van der Waals surface area (Å²) in [4.78, 5) is 2.31. The van der Waals surface area contributed by atoms with E-state index in [-0.39, 0.29) is 6.61 Å². The van der Waals surface area contributed by atoms with Crippen LogP contribution in [0.15, 0.2) is 18.2 Å². The highest BCUT2D eigenvalue weighted by molar-refractivity contribution is 5.43. The van der Waals surface area contributed by atoms with Gasteiger partial charge in [0.25, 0.3) is 0 Å². The fourth-order valence-electron chi connectivity index (χ4n) is 2.25. The van der Waals surface area contributed by atoms with E-state index in [1.165, 1.54) is 0 Å². The van der Waals surface area contributed by atoms with Crippen molar-refractivity contribution < 1.29 is 19.3 Å². The average Bonchev–Trinajstić information content (AvgIpc) is 2.55. The molecule has 0 bridgehead atoms. The van der Waals surface area contributed by atoms with Gasteiger partial charge in [-0.05, 0) is 17.7 Å². The first kappa shape index (κ1) is 16.0. The summed E-state index contributed by atoms with van der Waals surface area (Å²) in [6.07, 6.45) is 0. The van der Waals surface area contributed by atoms with Gasteiger partial charge >= 0.3 is 0 Å². The van der Waals surface area contributed by atoms with Crippen LogP contribution in [0.4, 0.5) is 0 Å². The van der Waals surface area contributed by atoms with Crippen molar-refractivity contribution in [3.63, 3.8) is 0 Å². The first-order valence-corrected chi connectivity index (χ1v) is 7.22. The van der Waals surface area contributed by atoms with Crippen molar-refractivity contribution in [3.05, 3.63) is 23.8 Å². The molecule has 3 N–H and O–H groups in total. The van der Waals surface area contributed by atoms with Crippen LogP contribution in [-0.4, -0.2) is 63.2 Å². The molecular weight excluding hydrogens is 272 g/mol. The van der Waals surface area contributed by atoms with E-state index in [2.05, 4.69) is 4.90 Å². The standard InChI is InChI=1S/C15H24N2O4/c1-19-15-10-12(13(16)11-18)2-3-14(15)21-9-6-17-4-7-20-8-5-17/h2-3,10,13,18H,4-9,11,16H2,1H3/t13-/m0/s1. The molecule has 1 aromatic rings. The minimum Gasteiger partial charge on any atom is -0.493 e. The number of rotatable bonds is 7. The Hall–Kier alpha value is -1.34. The lowest BCUT2D eigenvalue weighted by atomic mass is 10.1. The van der Waals surface area contributed by atoms with Gasteiger partial charge in [-0.3, -0.25) is 4.90 Å². The molecule has 1 atom stereocenters. The molecule has 1 saturated heterocycles. The molecule has 0 aliphatic carbocycles. The molecule has 0 amide bonds. The molecule has 6 heteroatoms. The summed E-state index contributed by atoms with van der Waals surface area (Å²) in [5, 5.41) is 9.09. The topological polar surface area (TPSA) is 77.2 Å². The molecule has 1 aromatic carbocycles. The van der Waals surface area contributed by atoms with Gasteiger partial charge in [0.15, 0.2) is 11.5 Å².